The number of rotatable bonds is 4. The first-order chi connectivity index (χ1) is 11.8. The fourth-order valence-corrected chi connectivity index (χ4v) is 3.60. The lowest BCUT2D eigenvalue weighted by Gasteiger charge is -2.27. The van der Waals surface area contributed by atoms with Gasteiger partial charge < -0.3 is 5.73 Å². The Bertz CT molecular complexity index is 825. The molecule has 0 saturated carbocycles. The van der Waals surface area contributed by atoms with E-state index in [4.69, 9.17) is 10.7 Å². The molecule has 2 N–H and O–H groups in total. The molecule has 122 valence electrons. The second kappa shape index (κ2) is 6.57. The fourth-order valence-electron chi connectivity index (χ4n) is 3.60. The zero-order chi connectivity index (χ0) is 16.4. The Morgan fingerprint density at radius 2 is 1.62 bits per heavy atom. The summed E-state index contributed by atoms with van der Waals surface area (Å²) in [5, 5.41) is 0.929. The summed E-state index contributed by atoms with van der Waals surface area (Å²) in [5.41, 5.74) is 8.41. The molecule has 2 heterocycles. The Morgan fingerprint density at radius 1 is 0.917 bits per heavy atom. The third-order valence-electron chi connectivity index (χ3n) is 4.82. The maximum Gasteiger partial charge on any atom is 0.135 e. The van der Waals surface area contributed by atoms with E-state index in [-0.39, 0.29) is 0 Å². The zero-order valence-corrected chi connectivity index (χ0v) is 13.7. The fraction of sp³-hybridized carbons (Fsp3) is 0.300. The van der Waals surface area contributed by atoms with Crippen LogP contribution in [0, 0.1) is 0 Å². The highest BCUT2D eigenvalue weighted by Crippen LogP contribution is 2.28. The molecule has 1 aliphatic heterocycles. The molecule has 24 heavy (non-hydrogen) atoms. The Labute approximate surface area is 142 Å². The standard InChI is InChI=1S/C20H22N4/c21-20-16-10-4-5-11-17(16)22-19(23-20)14-18(24-12-6-7-13-24)15-8-2-1-3-9-15/h1-5,8-11,18H,6-7,12-14H2,(H2,21,22,23). The van der Waals surface area contributed by atoms with Crippen molar-refractivity contribution in [1.82, 2.24) is 14.9 Å². The molecule has 0 aliphatic carbocycles. The van der Waals surface area contributed by atoms with E-state index in [1.807, 2.05) is 24.3 Å². The third kappa shape index (κ3) is 2.97. The zero-order valence-electron chi connectivity index (χ0n) is 13.7. The van der Waals surface area contributed by atoms with E-state index in [1.165, 1.54) is 18.4 Å². The lowest BCUT2D eigenvalue weighted by Crippen LogP contribution is -2.28. The van der Waals surface area contributed by atoms with Crippen molar-refractivity contribution in [2.45, 2.75) is 25.3 Å². The van der Waals surface area contributed by atoms with Crippen molar-refractivity contribution in [2.24, 2.45) is 0 Å². The number of fused-ring (bicyclic) bond motifs is 1. The maximum absolute atomic E-state index is 6.16. The Kier molecular flexibility index (Phi) is 4.13. The first-order valence-electron chi connectivity index (χ1n) is 8.61. The first kappa shape index (κ1) is 15.1. The number of benzene rings is 2. The SMILES string of the molecule is Nc1nc(CC(c2ccccc2)N2CCCC2)nc2ccccc12. The number of hydrogen-bond acceptors (Lipinski definition) is 4. The molecule has 1 fully saturated rings. The van der Waals surface area contributed by atoms with Crippen LogP contribution in [0.15, 0.2) is 54.6 Å². The van der Waals surface area contributed by atoms with Crippen LogP contribution in [-0.4, -0.2) is 28.0 Å². The summed E-state index contributed by atoms with van der Waals surface area (Å²) in [6.07, 6.45) is 3.33. The average molecular weight is 318 g/mol. The summed E-state index contributed by atoms with van der Waals surface area (Å²) in [7, 11) is 0. The molecule has 2 aromatic carbocycles. The molecule has 4 heteroatoms. The van der Waals surface area contributed by atoms with Crippen molar-refractivity contribution in [3.05, 3.63) is 66.0 Å². The lowest BCUT2D eigenvalue weighted by atomic mass is 10.0. The molecule has 1 aromatic heterocycles. The van der Waals surface area contributed by atoms with E-state index in [2.05, 4.69) is 40.2 Å². The van der Waals surface area contributed by atoms with Gasteiger partial charge in [-0.3, -0.25) is 4.90 Å². The van der Waals surface area contributed by atoms with E-state index in [0.29, 0.717) is 11.9 Å². The van der Waals surface area contributed by atoms with E-state index in [9.17, 15) is 0 Å². The van der Waals surface area contributed by atoms with Crippen LogP contribution in [0.3, 0.4) is 0 Å². The highest BCUT2D eigenvalue weighted by molar-refractivity contribution is 5.87. The summed E-state index contributed by atoms with van der Waals surface area (Å²) in [4.78, 5) is 11.9. The van der Waals surface area contributed by atoms with Gasteiger partial charge in [-0.15, -0.1) is 0 Å². The van der Waals surface area contributed by atoms with Gasteiger partial charge in [0.15, 0.2) is 0 Å². The predicted octanol–water partition coefficient (Wildman–Crippen LogP) is 3.59. The Hall–Kier alpha value is -2.46. The summed E-state index contributed by atoms with van der Waals surface area (Å²) in [6.45, 7) is 2.28. The van der Waals surface area contributed by atoms with E-state index in [1.54, 1.807) is 0 Å². The van der Waals surface area contributed by atoms with Crippen molar-refractivity contribution in [3.63, 3.8) is 0 Å². The molecule has 1 atom stereocenters. The quantitative estimate of drug-likeness (QED) is 0.798. The summed E-state index contributed by atoms with van der Waals surface area (Å²) >= 11 is 0. The van der Waals surface area contributed by atoms with Gasteiger partial charge in [0.05, 0.1) is 5.52 Å². The molecular weight excluding hydrogens is 296 g/mol. The normalized spacial score (nSPS) is 16.5. The van der Waals surface area contributed by atoms with Crippen molar-refractivity contribution >= 4 is 16.7 Å². The second-order valence-corrected chi connectivity index (χ2v) is 6.42. The number of para-hydroxylation sites is 1. The molecule has 4 nitrogen and oxygen atoms in total. The minimum atomic E-state index is 0.314. The number of anilines is 1. The van der Waals surface area contributed by atoms with Crippen LogP contribution in [0.4, 0.5) is 5.82 Å². The molecule has 4 rings (SSSR count). The molecule has 1 saturated heterocycles. The average Bonchev–Trinajstić information content (AvgIpc) is 3.15. The highest BCUT2D eigenvalue weighted by Gasteiger charge is 2.24. The van der Waals surface area contributed by atoms with E-state index in [0.717, 1.165) is 36.2 Å². The summed E-state index contributed by atoms with van der Waals surface area (Å²) in [6, 6.07) is 18.9. The molecule has 3 aromatic rings. The Morgan fingerprint density at radius 3 is 2.42 bits per heavy atom. The van der Waals surface area contributed by atoms with Gasteiger partial charge in [0.25, 0.3) is 0 Å². The van der Waals surface area contributed by atoms with Crippen LogP contribution in [0.25, 0.3) is 10.9 Å². The third-order valence-corrected chi connectivity index (χ3v) is 4.82. The topological polar surface area (TPSA) is 55.0 Å². The lowest BCUT2D eigenvalue weighted by molar-refractivity contribution is 0.241. The van der Waals surface area contributed by atoms with Crippen LogP contribution in [-0.2, 0) is 6.42 Å². The van der Waals surface area contributed by atoms with Crippen molar-refractivity contribution < 1.29 is 0 Å². The number of nitrogens with zero attached hydrogens (tertiary/aromatic N) is 3. The van der Waals surface area contributed by atoms with Crippen LogP contribution >= 0.6 is 0 Å². The molecule has 1 unspecified atom stereocenters. The largest absolute Gasteiger partial charge is 0.383 e. The molecule has 0 radical (unpaired) electrons. The molecule has 0 amide bonds. The van der Waals surface area contributed by atoms with Gasteiger partial charge >= 0.3 is 0 Å². The minimum Gasteiger partial charge on any atom is -0.383 e. The minimum absolute atomic E-state index is 0.314. The number of likely N-dealkylation sites (tertiary alicyclic amines) is 1. The van der Waals surface area contributed by atoms with Crippen molar-refractivity contribution in [3.8, 4) is 0 Å². The number of aromatic nitrogens is 2. The maximum atomic E-state index is 6.16. The number of nitrogens with two attached hydrogens (primary N) is 1. The van der Waals surface area contributed by atoms with Gasteiger partial charge in [-0.05, 0) is 43.6 Å². The monoisotopic (exact) mass is 318 g/mol. The summed E-state index contributed by atoms with van der Waals surface area (Å²) < 4.78 is 0. The van der Waals surface area contributed by atoms with Crippen LogP contribution < -0.4 is 5.73 Å². The van der Waals surface area contributed by atoms with Gasteiger partial charge in [-0.1, -0.05) is 42.5 Å². The molecular formula is C20H22N4. The highest BCUT2D eigenvalue weighted by atomic mass is 15.2. The van der Waals surface area contributed by atoms with Crippen LogP contribution in [0.5, 0.6) is 0 Å². The number of hydrogen-bond donors (Lipinski definition) is 1. The van der Waals surface area contributed by atoms with Gasteiger partial charge in [0.2, 0.25) is 0 Å². The van der Waals surface area contributed by atoms with Gasteiger partial charge in [-0.2, -0.15) is 0 Å². The van der Waals surface area contributed by atoms with Crippen LogP contribution in [0.2, 0.25) is 0 Å². The Balaban J connectivity index is 1.69. The van der Waals surface area contributed by atoms with E-state index < -0.39 is 0 Å². The second-order valence-electron chi connectivity index (χ2n) is 6.42. The van der Waals surface area contributed by atoms with Crippen molar-refractivity contribution in [2.75, 3.05) is 18.8 Å². The van der Waals surface area contributed by atoms with Crippen LogP contribution in [0.1, 0.15) is 30.3 Å². The van der Waals surface area contributed by atoms with Gasteiger partial charge in [0.1, 0.15) is 11.6 Å². The first-order valence-corrected chi connectivity index (χ1v) is 8.61. The van der Waals surface area contributed by atoms with E-state index >= 15 is 0 Å². The van der Waals surface area contributed by atoms with Crippen molar-refractivity contribution in [1.29, 1.82) is 0 Å². The summed E-state index contributed by atoms with van der Waals surface area (Å²) in [5.74, 6) is 1.40. The molecule has 1 aliphatic rings. The van der Waals surface area contributed by atoms with Gasteiger partial charge in [-0.25, -0.2) is 9.97 Å². The number of nitrogen functional groups attached to an aromatic ring is 1. The molecule has 0 bridgehead atoms. The molecule has 0 spiro atoms. The van der Waals surface area contributed by atoms with Gasteiger partial charge in [0, 0.05) is 17.8 Å². The predicted molar refractivity (Wildman–Crippen MR) is 97.6 cm³/mol. The smallest absolute Gasteiger partial charge is 0.135 e.